The van der Waals surface area contributed by atoms with Gasteiger partial charge in [0.05, 0.1) is 6.54 Å². The van der Waals surface area contributed by atoms with Crippen LogP contribution in [0, 0.1) is 6.92 Å². The average molecular weight is 244 g/mol. The minimum atomic E-state index is 0.898. The fourth-order valence-corrected chi connectivity index (χ4v) is 3.52. The number of nitrogens with one attached hydrogen (secondary N) is 1. The number of hydrogen-bond acceptors (Lipinski definition) is 3. The maximum Gasteiger partial charge on any atom is 0.129 e. The van der Waals surface area contributed by atoms with E-state index in [0.717, 1.165) is 12.4 Å². The van der Waals surface area contributed by atoms with Gasteiger partial charge in [0.25, 0.3) is 0 Å². The monoisotopic (exact) mass is 244 g/mol. The molecule has 88 valence electrons. The summed E-state index contributed by atoms with van der Waals surface area (Å²) in [6.07, 6.45) is 5.73. The molecule has 2 aromatic rings. The molecule has 0 unspecified atom stereocenters. The number of pyridine rings is 1. The van der Waals surface area contributed by atoms with Crippen LogP contribution >= 0.6 is 11.3 Å². The van der Waals surface area contributed by atoms with Crippen molar-refractivity contribution in [3.63, 3.8) is 0 Å². The highest BCUT2D eigenvalue weighted by molar-refractivity contribution is 7.12. The van der Waals surface area contributed by atoms with E-state index in [1.165, 1.54) is 29.7 Å². The molecule has 0 bridgehead atoms. The molecule has 0 aliphatic heterocycles. The first-order valence-electron chi connectivity index (χ1n) is 6.09. The van der Waals surface area contributed by atoms with Crippen molar-refractivity contribution in [2.75, 3.05) is 5.32 Å². The number of rotatable bonds is 3. The predicted molar refractivity (Wildman–Crippen MR) is 72.6 cm³/mol. The second-order valence-electron chi connectivity index (χ2n) is 4.54. The van der Waals surface area contributed by atoms with Crippen LogP contribution in [0.25, 0.3) is 0 Å². The second-order valence-corrected chi connectivity index (χ2v) is 5.76. The predicted octanol–water partition coefficient (Wildman–Crippen LogP) is 3.55. The van der Waals surface area contributed by atoms with Crippen LogP contribution < -0.4 is 5.32 Å². The van der Waals surface area contributed by atoms with Gasteiger partial charge in [-0.2, -0.15) is 0 Å². The molecule has 0 amide bonds. The Morgan fingerprint density at radius 3 is 3.18 bits per heavy atom. The van der Waals surface area contributed by atoms with Crippen LogP contribution in [0.3, 0.4) is 0 Å². The van der Waals surface area contributed by atoms with E-state index >= 15 is 0 Å². The number of fused-ring (bicyclic) bond motifs is 1. The highest BCUT2D eigenvalue weighted by Crippen LogP contribution is 2.30. The molecule has 0 radical (unpaired) electrons. The van der Waals surface area contributed by atoms with Crippen LogP contribution in [-0.4, -0.2) is 4.98 Å². The average Bonchev–Trinajstić information content (AvgIpc) is 2.88. The Balaban J connectivity index is 1.70. The van der Waals surface area contributed by atoms with Gasteiger partial charge in [-0.15, -0.1) is 11.3 Å². The molecular formula is C14H16N2S. The molecule has 0 atom stereocenters. The van der Waals surface area contributed by atoms with Crippen LogP contribution in [0.5, 0.6) is 0 Å². The standard InChI is InChI=1S/C14H16N2S/c1-10-4-3-7-15-14(10)16-9-12-8-11-5-2-6-13(11)17-12/h3-4,7-8H,2,5-6,9H2,1H3,(H,15,16). The van der Waals surface area contributed by atoms with Gasteiger partial charge in [-0.05, 0) is 49.4 Å². The van der Waals surface area contributed by atoms with Crippen molar-refractivity contribution in [1.29, 1.82) is 0 Å². The SMILES string of the molecule is Cc1cccnc1NCc1cc2c(s1)CCC2. The maximum absolute atomic E-state index is 4.35. The summed E-state index contributed by atoms with van der Waals surface area (Å²) in [5.41, 5.74) is 2.78. The van der Waals surface area contributed by atoms with Crippen molar-refractivity contribution in [2.45, 2.75) is 32.7 Å². The van der Waals surface area contributed by atoms with E-state index in [9.17, 15) is 0 Å². The van der Waals surface area contributed by atoms with Crippen molar-refractivity contribution in [1.82, 2.24) is 4.98 Å². The molecule has 0 fully saturated rings. The molecule has 17 heavy (non-hydrogen) atoms. The number of thiophene rings is 1. The van der Waals surface area contributed by atoms with Crippen LogP contribution in [0.2, 0.25) is 0 Å². The number of anilines is 1. The van der Waals surface area contributed by atoms with Gasteiger partial charge in [0.1, 0.15) is 5.82 Å². The minimum absolute atomic E-state index is 0.898. The van der Waals surface area contributed by atoms with Crippen LogP contribution in [0.15, 0.2) is 24.4 Å². The summed E-state index contributed by atoms with van der Waals surface area (Å²) in [4.78, 5) is 7.38. The summed E-state index contributed by atoms with van der Waals surface area (Å²) in [6.45, 7) is 2.99. The van der Waals surface area contributed by atoms with Crippen LogP contribution in [0.1, 0.15) is 27.3 Å². The summed E-state index contributed by atoms with van der Waals surface area (Å²) in [7, 11) is 0. The lowest BCUT2D eigenvalue weighted by atomic mass is 10.2. The van der Waals surface area contributed by atoms with Gasteiger partial charge in [-0.25, -0.2) is 4.98 Å². The Morgan fingerprint density at radius 2 is 2.35 bits per heavy atom. The summed E-state index contributed by atoms with van der Waals surface area (Å²) >= 11 is 1.96. The molecule has 2 heterocycles. The summed E-state index contributed by atoms with van der Waals surface area (Å²) in [5, 5.41) is 3.42. The first kappa shape index (κ1) is 10.8. The highest BCUT2D eigenvalue weighted by atomic mass is 32.1. The van der Waals surface area contributed by atoms with E-state index in [2.05, 4.69) is 29.4 Å². The van der Waals surface area contributed by atoms with Crippen molar-refractivity contribution in [3.05, 3.63) is 45.3 Å². The highest BCUT2D eigenvalue weighted by Gasteiger charge is 2.14. The van der Waals surface area contributed by atoms with Gasteiger partial charge in [0.2, 0.25) is 0 Å². The fraction of sp³-hybridized carbons (Fsp3) is 0.357. The largest absolute Gasteiger partial charge is 0.365 e. The molecule has 1 aliphatic rings. The Morgan fingerprint density at radius 1 is 1.41 bits per heavy atom. The van der Waals surface area contributed by atoms with Crippen molar-refractivity contribution in [3.8, 4) is 0 Å². The Kier molecular flexibility index (Phi) is 2.85. The van der Waals surface area contributed by atoms with Gasteiger partial charge in [0, 0.05) is 16.0 Å². The summed E-state index contributed by atoms with van der Waals surface area (Å²) < 4.78 is 0. The second kappa shape index (κ2) is 4.49. The van der Waals surface area contributed by atoms with E-state index in [0.29, 0.717) is 0 Å². The zero-order chi connectivity index (χ0) is 11.7. The van der Waals surface area contributed by atoms with E-state index in [1.54, 1.807) is 10.4 Å². The quantitative estimate of drug-likeness (QED) is 0.893. The van der Waals surface area contributed by atoms with Gasteiger partial charge >= 0.3 is 0 Å². The Hall–Kier alpha value is -1.35. The molecule has 0 saturated heterocycles. The minimum Gasteiger partial charge on any atom is -0.365 e. The van der Waals surface area contributed by atoms with Gasteiger partial charge in [0.15, 0.2) is 0 Å². The maximum atomic E-state index is 4.35. The molecule has 0 aromatic carbocycles. The van der Waals surface area contributed by atoms with Crippen LogP contribution in [0.4, 0.5) is 5.82 Å². The molecule has 0 spiro atoms. The molecular weight excluding hydrogens is 228 g/mol. The van der Waals surface area contributed by atoms with E-state index < -0.39 is 0 Å². The molecule has 2 nitrogen and oxygen atoms in total. The lowest BCUT2D eigenvalue weighted by molar-refractivity contribution is 0.913. The number of aromatic nitrogens is 1. The van der Waals surface area contributed by atoms with E-state index in [1.807, 2.05) is 23.6 Å². The normalized spacial score (nSPS) is 13.7. The first-order valence-corrected chi connectivity index (χ1v) is 6.90. The van der Waals surface area contributed by atoms with Crippen LogP contribution in [-0.2, 0) is 19.4 Å². The smallest absolute Gasteiger partial charge is 0.129 e. The van der Waals surface area contributed by atoms with E-state index in [4.69, 9.17) is 0 Å². The third kappa shape index (κ3) is 2.20. The lowest BCUT2D eigenvalue weighted by Gasteiger charge is -2.06. The Bertz CT molecular complexity index is 509. The lowest BCUT2D eigenvalue weighted by Crippen LogP contribution is -2.01. The molecule has 0 saturated carbocycles. The molecule has 3 heteroatoms. The molecule has 1 N–H and O–H groups in total. The molecule has 3 rings (SSSR count). The van der Waals surface area contributed by atoms with E-state index in [-0.39, 0.29) is 0 Å². The third-order valence-corrected chi connectivity index (χ3v) is 4.47. The molecule has 2 aromatic heterocycles. The summed E-state index contributed by atoms with van der Waals surface area (Å²) in [6, 6.07) is 6.42. The number of aryl methyl sites for hydroxylation is 3. The third-order valence-electron chi connectivity index (χ3n) is 3.24. The number of nitrogens with zero attached hydrogens (tertiary/aromatic N) is 1. The first-order chi connectivity index (χ1) is 8.33. The van der Waals surface area contributed by atoms with Crippen molar-refractivity contribution < 1.29 is 0 Å². The van der Waals surface area contributed by atoms with Crippen molar-refractivity contribution in [2.24, 2.45) is 0 Å². The molecule has 1 aliphatic carbocycles. The number of hydrogen-bond donors (Lipinski definition) is 1. The summed E-state index contributed by atoms with van der Waals surface area (Å²) in [5.74, 6) is 1.00. The van der Waals surface area contributed by atoms with Crippen molar-refractivity contribution >= 4 is 17.2 Å². The van der Waals surface area contributed by atoms with Gasteiger partial charge in [-0.3, -0.25) is 0 Å². The topological polar surface area (TPSA) is 24.9 Å². The Labute approximate surface area is 106 Å². The fourth-order valence-electron chi connectivity index (χ4n) is 2.32. The zero-order valence-electron chi connectivity index (χ0n) is 9.99. The van der Waals surface area contributed by atoms with Gasteiger partial charge < -0.3 is 5.32 Å². The van der Waals surface area contributed by atoms with Gasteiger partial charge in [-0.1, -0.05) is 6.07 Å². The zero-order valence-corrected chi connectivity index (χ0v) is 10.8.